The van der Waals surface area contributed by atoms with E-state index in [0.717, 1.165) is 5.56 Å². The molecule has 1 atom stereocenters. The molecule has 5 heteroatoms. The van der Waals surface area contributed by atoms with Gasteiger partial charge in [-0.2, -0.15) is 0 Å². The molecule has 0 aliphatic rings. The van der Waals surface area contributed by atoms with E-state index in [1.807, 2.05) is 0 Å². The average molecular weight is 224 g/mol. The Morgan fingerprint density at radius 2 is 2.07 bits per heavy atom. The van der Waals surface area contributed by atoms with Crippen molar-refractivity contribution in [1.82, 2.24) is 14.5 Å². The van der Waals surface area contributed by atoms with Crippen molar-refractivity contribution in [2.75, 3.05) is 0 Å². The first-order chi connectivity index (χ1) is 7.27. The minimum Gasteiger partial charge on any atom is -0.387 e. The third-order valence-corrected chi connectivity index (χ3v) is 2.44. The Morgan fingerprint density at radius 3 is 2.67 bits per heavy atom. The lowest BCUT2D eigenvalue weighted by Crippen LogP contribution is -2.08. The highest BCUT2D eigenvalue weighted by Crippen LogP contribution is 2.16. The van der Waals surface area contributed by atoms with E-state index >= 15 is 0 Å². The summed E-state index contributed by atoms with van der Waals surface area (Å²) in [7, 11) is 0. The van der Waals surface area contributed by atoms with E-state index in [1.165, 1.54) is 0 Å². The van der Waals surface area contributed by atoms with Gasteiger partial charge < -0.3 is 9.67 Å². The summed E-state index contributed by atoms with van der Waals surface area (Å²) in [5.74, 6) is 0. The van der Waals surface area contributed by atoms with E-state index in [4.69, 9.17) is 11.6 Å². The van der Waals surface area contributed by atoms with Crippen LogP contribution in [0.15, 0.2) is 36.9 Å². The van der Waals surface area contributed by atoms with E-state index in [2.05, 4.69) is 9.97 Å². The molecule has 2 aromatic rings. The Bertz CT molecular complexity index is 429. The quantitative estimate of drug-likeness (QED) is 0.861. The van der Waals surface area contributed by atoms with Crippen LogP contribution in [-0.4, -0.2) is 19.6 Å². The number of halogens is 1. The van der Waals surface area contributed by atoms with Crippen LogP contribution in [0, 0.1) is 0 Å². The smallest absolute Gasteiger partial charge is 0.202 e. The Morgan fingerprint density at radius 1 is 1.33 bits per heavy atom. The molecule has 0 radical (unpaired) electrons. The normalized spacial score (nSPS) is 12.7. The number of imidazole rings is 1. The van der Waals surface area contributed by atoms with E-state index in [9.17, 15) is 5.11 Å². The molecule has 1 unspecified atom stereocenters. The number of rotatable bonds is 3. The molecule has 0 amide bonds. The Kier molecular flexibility index (Phi) is 2.99. The molecular formula is C10H10ClN3O. The maximum Gasteiger partial charge on any atom is 0.202 e. The summed E-state index contributed by atoms with van der Waals surface area (Å²) in [5.41, 5.74) is 0.815. The van der Waals surface area contributed by atoms with Crippen LogP contribution in [0.2, 0.25) is 5.28 Å². The summed E-state index contributed by atoms with van der Waals surface area (Å²) >= 11 is 5.80. The molecule has 2 aromatic heterocycles. The van der Waals surface area contributed by atoms with Crippen molar-refractivity contribution < 1.29 is 5.11 Å². The molecule has 1 N–H and O–H groups in total. The average Bonchev–Trinajstić information content (AvgIpc) is 2.66. The van der Waals surface area contributed by atoms with Gasteiger partial charge in [0.05, 0.1) is 12.6 Å². The summed E-state index contributed by atoms with van der Waals surface area (Å²) in [6.07, 6.45) is 6.02. The van der Waals surface area contributed by atoms with E-state index in [0.29, 0.717) is 11.8 Å². The van der Waals surface area contributed by atoms with Gasteiger partial charge in [0.25, 0.3) is 0 Å². The third-order valence-electron chi connectivity index (χ3n) is 2.13. The van der Waals surface area contributed by atoms with Crippen LogP contribution in [0.25, 0.3) is 0 Å². The van der Waals surface area contributed by atoms with Crippen molar-refractivity contribution >= 4 is 11.6 Å². The van der Waals surface area contributed by atoms with Crippen LogP contribution < -0.4 is 0 Å². The predicted octanol–water partition coefficient (Wildman–Crippen LogP) is 1.67. The summed E-state index contributed by atoms with van der Waals surface area (Å²) in [6.45, 7) is 0.392. The molecule has 2 heterocycles. The zero-order valence-corrected chi connectivity index (χ0v) is 8.67. The van der Waals surface area contributed by atoms with Gasteiger partial charge in [-0.15, -0.1) is 0 Å². The lowest BCUT2D eigenvalue weighted by atomic mass is 10.1. The summed E-state index contributed by atoms with van der Waals surface area (Å²) < 4.78 is 1.69. The van der Waals surface area contributed by atoms with Crippen molar-refractivity contribution in [3.63, 3.8) is 0 Å². The molecule has 0 bridgehead atoms. The Hall–Kier alpha value is -1.39. The molecule has 4 nitrogen and oxygen atoms in total. The zero-order chi connectivity index (χ0) is 10.7. The van der Waals surface area contributed by atoms with Crippen LogP contribution in [-0.2, 0) is 6.54 Å². The van der Waals surface area contributed by atoms with Crippen molar-refractivity contribution in [3.8, 4) is 0 Å². The van der Waals surface area contributed by atoms with Gasteiger partial charge in [0.2, 0.25) is 5.28 Å². The number of aromatic nitrogens is 3. The Balaban J connectivity index is 2.11. The molecule has 78 valence electrons. The maximum absolute atomic E-state index is 9.88. The van der Waals surface area contributed by atoms with Gasteiger partial charge in [0, 0.05) is 24.8 Å². The molecule has 0 aliphatic heterocycles. The second-order valence-electron chi connectivity index (χ2n) is 3.14. The number of pyridine rings is 1. The van der Waals surface area contributed by atoms with Gasteiger partial charge in [-0.05, 0) is 29.3 Å². The molecule has 0 aromatic carbocycles. The first kappa shape index (κ1) is 10.1. The predicted molar refractivity (Wildman–Crippen MR) is 56.4 cm³/mol. The van der Waals surface area contributed by atoms with Crippen LogP contribution >= 0.6 is 11.6 Å². The van der Waals surface area contributed by atoms with Gasteiger partial charge >= 0.3 is 0 Å². The summed E-state index contributed by atoms with van der Waals surface area (Å²) in [4.78, 5) is 7.75. The highest BCUT2D eigenvalue weighted by Gasteiger charge is 2.09. The van der Waals surface area contributed by atoms with Gasteiger partial charge in [-0.1, -0.05) is 0 Å². The van der Waals surface area contributed by atoms with Crippen molar-refractivity contribution in [3.05, 3.63) is 47.8 Å². The lowest BCUT2D eigenvalue weighted by Gasteiger charge is -2.11. The fourth-order valence-corrected chi connectivity index (χ4v) is 1.51. The Labute approximate surface area is 92.2 Å². The standard InChI is InChI=1S/C10H10ClN3O/c11-10-13-5-6-14(10)7-9(15)8-1-3-12-4-2-8/h1-6,9,15H,7H2. The first-order valence-corrected chi connectivity index (χ1v) is 4.90. The van der Waals surface area contributed by atoms with Gasteiger partial charge in [-0.3, -0.25) is 4.98 Å². The van der Waals surface area contributed by atoms with Crippen LogP contribution in [0.4, 0.5) is 0 Å². The highest BCUT2D eigenvalue weighted by molar-refractivity contribution is 6.28. The highest BCUT2D eigenvalue weighted by atomic mass is 35.5. The summed E-state index contributed by atoms with van der Waals surface area (Å²) in [6, 6.07) is 3.55. The second-order valence-corrected chi connectivity index (χ2v) is 3.48. The van der Waals surface area contributed by atoms with E-state index < -0.39 is 6.10 Å². The molecule has 0 saturated carbocycles. The van der Waals surface area contributed by atoms with Gasteiger partial charge in [0.15, 0.2) is 0 Å². The monoisotopic (exact) mass is 223 g/mol. The van der Waals surface area contributed by atoms with Crippen LogP contribution in [0.3, 0.4) is 0 Å². The molecule has 2 rings (SSSR count). The van der Waals surface area contributed by atoms with Gasteiger partial charge in [-0.25, -0.2) is 4.98 Å². The first-order valence-electron chi connectivity index (χ1n) is 4.52. The van der Waals surface area contributed by atoms with E-state index in [1.54, 1.807) is 41.5 Å². The summed E-state index contributed by atoms with van der Waals surface area (Å²) in [5, 5.41) is 10.3. The number of aliphatic hydroxyl groups is 1. The molecular weight excluding hydrogens is 214 g/mol. The van der Waals surface area contributed by atoms with Gasteiger partial charge in [0.1, 0.15) is 0 Å². The number of hydrogen-bond acceptors (Lipinski definition) is 3. The lowest BCUT2D eigenvalue weighted by molar-refractivity contribution is 0.156. The molecule has 15 heavy (non-hydrogen) atoms. The molecule has 0 spiro atoms. The molecule has 0 saturated heterocycles. The van der Waals surface area contributed by atoms with Crippen LogP contribution in [0.1, 0.15) is 11.7 Å². The minimum absolute atomic E-state index is 0.378. The number of nitrogens with zero attached hydrogens (tertiary/aromatic N) is 3. The second kappa shape index (κ2) is 4.42. The number of hydrogen-bond donors (Lipinski definition) is 1. The fourth-order valence-electron chi connectivity index (χ4n) is 1.32. The van der Waals surface area contributed by atoms with E-state index in [-0.39, 0.29) is 0 Å². The molecule has 0 fully saturated rings. The topological polar surface area (TPSA) is 50.9 Å². The van der Waals surface area contributed by atoms with Crippen molar-refractivity contribution in [2.45, 2.75) is 12.6 Å². The van der Waals surface area contributed by atoms with Crippen molar-refractivity contribution in [2.24, 2.45) is 0 Å². The minimum atomic E-state index is -0.598. The zero-order valence-electron chi connectivity index (χ0n) is 7.92. The SMILES string of the molecule is OC(Cn1ccnc1Cl)c1ccncc1. The third kappa shape index (κ3) is 2.34. The molecule has 0 aliphatic carbocycles. The largest absolute Gasteiger partial charge is 0.387 e. The fraction of sp³-hybridized carbons (Fsp3) is 0.200. The van der Waals surface area contributed by atoms with Crippen molar-refractivity contribution in [1.29, 1.82) is 0 Å². The number of aliphatic hydroxyl groups excluding tert-OH is 1. The van der Waals surface area contributed by atoms with Crippen LogP contribution in [0.5, 0.6) is 0 Å². The maximum atomic E-state index is 9.88.